The van der Waals surface area contributed by atoms with Gasteiger partial charge in [-0.05, 0) is 25.0 Å². The minimum Gasteiger partial charge on any atom is -0.375 e. The van der Waals surface area contributed by atoms with Crippen LogP contribution in [-0.2, 0) is 18.4 Å². The molecular formula is C25H34N6O3S. The SMILES string of the molecule is CCCn1c(=O)n(C)c(=O)c2c(SCC(=O)NCCCN(C)c3ccccc3)nc(C(C)C)nc21. The van der Waals surface area contributed by atoms with Crippen molar-refractivity contribution in [3.05, 3.63) is 57.0 Å². The number of rotatable bonds is 11. The maximum absolute atomic E-state index is 13.0. The number of anilines is 1. The monoisotopic (exact) mass is 498 g/mol. The maximum atomic E-state index is 13.0. The Labute approximate surface area is 209 Å². The quantitative estimate of drug-likeness (QED) is 0.246. The summed E-state index contributed by atoms with van der Waals surface area (Å²) in [6.45, 7) is 7.69. The van der Waals surface area contributed by atoms with Crippen LogP contribution in [-0.4, -0.2) is 50.9 Å². The first-order valence-electron chi connectivity index (χ1n) is 11.9. The molecule has 9 nitrogen and oxygen atoms in total. The van der Waals surface area contributed by atoms with Gasteiger partial charge >= 0.3 is 5.69 Å². The molecule has 2 aromatic heterocycles. The van der Waals surface area contributed by atoms with Crippen LogP contribution in [0.2, 0.25) is 0 Å². The lowest BCUT2D eigenvalue weighted by atomic mass is 10.2. The average molecular weight is 499 g/mol. The zero-order valence-electron chi connectivity index (χ0n) is 21.1. The van der Waals surface area contributed by atoms with Crippen molar-refractivity contribution < 1.29 is 4.79 Å². The minimum absolute atomic E-state index is 0.00316. The van der Waals surface area contributed by atoms with E-state index in [1.165, 1.54) is 23.4 Å². The number of aryl methyl sites for hydroxylation is 1. The molecule has 1 amide bonds. The van der Waals surface area contributed by atoms with Gasteiger partial charge in [-0.3, -0.25) is 18.7 Å². The zero-order chi connectivity index (χ0) is 25.5. The van der Waals surface area contributed by atoms with Crippen LogP contribution in [0.3, 0.4) is 0 Å². The standard InChI is InChI=1S/C25H34N6O3S/c1-6-14-31-22-20(24(33)30(5)25(31)34)23(28-21(27-22)17(2)3)35-16-19(32)26-13-10-15-29(4)18-11-8-7-9-12-18/h7-9,11-12,17H,6,10,13-16H2,1-5H3,(H,26,32). The molecular weight excluding hydrogens is 464 g/mol. The molecule has 35 heavy (non-hydrogen) atoms. The van der Waals surface area contributed by atoms with Crippen LogP contribution >= 0.6 is 11.8 Å². The summed E-state index contributed by atoms with van der Waals surface area (Å²) in [5.74, 6) is 0.535. The lowest BCUT2D eigenvalue weighted by molar-refractivity contribution is -0.118. The number of fused-ring (bicyclic) bond motifs is 1. The van der Waals surface area contributed by atoms with Gasteiger partial charge in [-0.15, -0.1) is 0 Å². The van der Waals surface area contributed by atoms with Crippen molar-refractivity contribution in [2.45, 2.75) is 51.1 Å². The molecule has 0 saturated heterocycles. The second-order valence-electron chi connectivity index (χ2n) is 8.79. The van der Waals surface area contributed by atoms with Gasteiger partial charge in [-0.2, -0.15) is 0 Å². The second kappa shape index (κ2) is 12.0. The van der Waals surface area contributed by atoms with Gasteiger partial charge in [0.1, 0.15) is 16.2 Å². The zero-order valence-corrected chi connectivity index (χ0v) is 21.9. The van der Waals surface area contributed by atoms with E-state index in [0.29, 0.717) is 29.6 Å². The van der Waals surface area contributed by atoms with Crippen molar-refractivity contribution in [2.24, 2.45) is 7.05 Å². The van der Waals surface area contributed by atoms with Crippen molar-refractivity contribution in [2.75, 3.05) is 30.8 Å². The van der Waals surface area contributed by atoms with E-state index in [4.69, 9.17) is 0 Å². The first-order valence-corrected chi connectivity index (χ1v) is 12.9. The number of thioether (sulfide) groups is 1. The highest BCUT2D eigenvalue weighted by Crippen LogP contribution is 2.24. The third-order valence-electron chi connectivity index (χ3n) is 5.66. The number of aromatic nitrogens is 4. The van der Waals surface area contributed by atoms with Gasteiger partial charge in [0.05, 0.1) is 5.75 Å². The summed E-state index contributed by atoms with van der Waals surface area (Å²) in [5, 5.41) is 3.66. The highest BCUT2D eigenvalue weighted by molar-refractivity contribution is 8.00. The molecule has 0 unspecified atom stereocenters. The van der Waals surface area contributed by atoms with Gasteiger partial charge in [-0.25, -0.2) is 14.8 Å². The summed E-state index contributed by atoms with van der Waals surface area (Å²) in [6, 6.07) is 10.1. The molecule has 3 aromatic rings. The summed E-state index contributed by atoms with van der Waals surface area (Å²) in [7, 11) is 3.48. The predicted octanol–water partition coefficient (Wildman–Crippen LogP) is 2.76. The molecule has 3 rings (SSSR count). The second-order valence-corrected chi connectivity index (χ2v) is 9.75. The van der Waals surface area contributed by atoms with Crippen LogP contribution in [0.25, 0.3) is 11.0 Å². The summed E-state index contributed by atoms with van der Waals surface area (Å²) in [6.07, 6.45) is 1.53. The Hall–Kier alpha value is -3.14. The van der Waals surface area contributed by atoms with E-state index in [9.17, 15) is 14.4 Å². The number of carbonyl (C=O) groups is 1. The molecule has 0 bridgehead atoms. The summed E-state index contributed by atoms with van der Waals surface area (Å²) in [4.78, 5) is 49.6. The van der Waals surface area contributed by atoms with Gasteiger partial charge in [0, 0.05) is 45.3 Å². The van der Waals surface area contributed by atoms with Gasteiger partial charge in [0.2, 0.25) is 5.91 Å². The van der Waals surface area contributed by atoms with Gasteiger partial charge < -0.3 is 10.2 Å². The van der Waals surface area contributed by atoms with Crippen molar-refractivity contribution in [1.29, 1.82) is 0 Å². The Morgan fingerprint density at radius 1 is 1.17 bits per heavy atom. The number of carbonyl (C=O) groups excluding carboxylic acids is 1. The van der Waals surface area contributed by atoms with Crippen LogP contribution in [0, 0.1) is 0 Å². The van der Waals surface area contributed by atoms with Gasteiger partial charge in [0.25, 0.3) is 5.56 Å². The first kappa shape index (κ1) is 26.5. The van der Waals surface area contributed by atoms with Crippen LogP contribution in [0.1, 0.15) is 45.4 Å². The first-order chi connectivity index (χ1) is 16.7. The van der Waals surface area contributed by atoms with E-state index in [1.807, 2.05) is 46.0 Å². The molecule has 10 heteroatoms. The van der Waals surface area contributed by atoms with Gasteiger partial charge in [-0.1, -0.05) is 50.7 Å². The Morgan fingerprint density at radius 2 is 1.89 bits per heavy atom. The molecule has 0 aliphatic carbocycles. The number of amides is 1. The normalized spacial score (nSPS) is 11.3. The van der Waals surface area contributed by atoms with Crippen molar-refractivity contribution in [1.82, 2.24) is 24.4 Å². The number of hydrogen-bond donors (Lipinski definition) is 1. The van der Waals surface area contributed by atoms with Crippen LogP contribution in [0.4, 0.5) is 5.69 Å². The number of benzene rings is 1. The number of para-hydroxylation sites is 1. The van der Waals surface area contributed by atoms with E-state index >= 15 is 0 Å². The molecule has 0 spiro atoms. The molecule has 1 N–H and O–H groups in total. The highest BCUT2D eigenvalue weighted by Gasteiger charge is 2.20. The highest BCUT2D eigenvalue weighted by atomic mass is 32.2. The van der Waals surface area contributed by atoms with E-state index in [0.717, 1.165) is 29.6 Å². The lowest BCUT2D eigenvalue weighted by Crippen LogP contribution is -2.39. The fraction of sp³-hybridized carbons (Fsp3) is 0.480. The number of nitrogens with zero attached hydrogens (tertiary/aromatic N) is 5. The van der Waals surface area contributed by atoms with E-state index in [1.54, 1.807) is 0 Å². The number of hydrogen-bond acceptors (Lipinski definition) is 7. The summed E-state index contributed by atoms with van der Waals surface area (Å²) < 4.78 is 2.61. The summed E-state index contributed by atoms with van der Waals surface area (Å²) in [5.41, 5.74) is 0.631. The van der Waals surface area contributed by atoms with Crippen molar-refractivity contribution in [3.8, 4) is 0 Å². The Kier molecular flexibility index (Phi) is 9.08. The van der Waals surface area contributed by atoms with Crippen molar-refractivity contribution in [3.63, 3.8) is 0 Å². The topological polar surface area (TPSA) is 102 Å². The third kappa shape index (κ3) is 6.30. The molecule has 188 valence electrons. The lowest BCUT2D eigenvalue weighted by Gasteiger charge is -2.19. The fourth-order valence-electron chi connectivity index (χ4n) is 3.68. The molecule has 0 fully saturated rings. The van der Waals surface area contributed by atoms with Crippen LogP contribution in [0.15, 0.2) is 44.9 Å². The maximum Gasteiger partial charge on any atom is 0.332 e. The molecule has 0 aliphatic rings. The van der Waals surface area contributed by atoms with Crippen LogP contribution in [0.5, 0.6) is 0 Å². The molecule has 1 aromatic carbocycles. The Balaban J connectivity index is 1.73. The van der Waals surface area contributed by atoms with Crippen LogP contribution < -0.4 is 21.5 Å². The largest absolute Gasteiger partial charge is 0.375 e. The average Bonchev–Trinajstić information content (AvgIpc) is 2.86. The van der Waals surface area contributed by atoms with E-state index in [2.05, 4.69) is 32.3 Å². The third-order valence-corrected chi connectivity index (χ3v) is 6.63. The fourth-order valence-corrected chi connectivity index (χ4v) is 4.53. The van der Waals surface area contributed by atoms with Crippen molar-refractivity contribution >= 4 is 34.4 Å². The molecule has 0 atom stereocenters. The summed E-state index contributed by atoms with van der Waals surface area (Å²) >= 11 is 1.20. The van der Waals surface area contributed by atoms with Gasteiger partial charge in [0.15, 0.2) is 5.65 Å². The smallest absolute Gasteiger partial charge is 0.332 e. The molecule has 0 radical (unpaired) electrons. The van der Waals surface area contributed by atoms with E-state index in [-0.39, 0.29) is 23.0 Å². The Morgan fingerprint density at radius 3 is 2.54 bits per heavy atom. The molecule has 0 aliphatic heterocycles. The molecule has 0 saturated carbocycles. The molecule has 2 heterocycles. The Bertz CT molecular complexity index is 1290. The predicted molar refractivity (Wildman–Crippen MR) is 141 cm³/mol. The number of nitrogens with one attached hydrogen (secondary N) is 1. The minimum atomic E-state index is -0.445. The van der Waals surface area contributed by atoms with E-state index < -0.39 is 11.2 Å².